The predicted molar refractivity (Wildman–Crippen MR) is 144 cm³/mol. The average molecular weight is 575 g/mol. The fourth-order valence-corrected chi connectivity index (χ4v) is 5.85. The number of nitriles is 1. The Morgan fingerprint density at radius 2 is 1.74 bits per heavy atom. The predicted octanol–water partition coefficient (Wildman–Crippen LogP) is 7.57. The Balaban J connectivity index is 2.05. The SMILES string of the molecule is CC1N(Cc2ccccc2F)C(C(=O)OC(C)(C)C)[C@H](c2cccc(Cl)c2F)[C@@]1(C#N)c1ccc(Cl)cc1F. The molecular formula is C30H27Cl2F3N2O2. The fraction of sp³-hybridized carbons (Fsp3) is 0.333. The second-order valence-corrected chi connectivity index (χ2v) is 11.5. The number of ether oxygens (including phenoxy) is 1. The largest absolute Gasteiger partial charge is 0.459 e. The summed E-state index contributed by atoms with van der Waals surface area (Å²) in [6.07, 6.45) is 0. The molecule has 4 atom stereocenters. The van der Waals surface area contributed by atoms with E-state index in [0.29, 0.717) is 0 Å². The maximum Gasteiger partial charge on any atom is 0.324 e. The van der Waals surface area contributed by atoms with Crippen molar-refractivity contribution in [1.29, 1.82) is 5.26 Å². The molecule has 0 amide bonds. The molecule has 0 spiro atoms. The molecule has 0 saturated carbocycles. The van der Waals surface area contributed by atoms with Gasteiger partial charge in [-0.25, -0.2) is 13.2 Å². The third-order valence-corrected chi connectivity index (χ3v) is 7.68. The number of halogens is 5. The summed E-state index contributed by atoms with van der Waals surface area (Å²) < 4.78 is 52.0. The number of carbonyl (C=O) groups excluding carboxylic acids is 1. The summed E-state index contributed by atoms with van der Waals surface area (Å²) in [5.41, 5.74) is -2.65. The van der Waals surface area contributed by atoms with E-state index in [4.69, 9.17) is 27.9 Å². The zero-order valence-corrected chi connectivity index (χ0v) is 23.3. The zero-order valence-electron chi connectivity index (χ0n) is 21.8. The minimum absolute atomic E-state index is 0.0582. The molecule has 1 aliphatic rings. The van der Waals surface area contributed by atoms with Gasteiger partial charge in [0, 0.05) is 34.7 Å². The molecule has 0 aromatic heterocycles. The molecule has 0 bridgehead atoms. The summed E-state index contributed by atoms with van der Waals surface area (Å²) in [5, 5.41) is 10.7. The number of benzene rings is 3. The van der Waals surface area contributed by atoms with Crippen LogP contribution in [0.2, 0.25) is 10.0 Å². The first kappa shape index (κ1) is 28.9. The van der Waals surface area contributed by atoms with E-state index in [9.17, 15) is 14.4 Å². The molecule has 1 heterocycles. The molecule has 9 heteroatoms. The van der Waals surface area contributed by atoms with Crippen LogP contribution >= 0.6 is 23.2 Å². The fourth-order valence-electron chi connectivity index (χ4n) is 5.51. The highest BCUT2D eigenvalue weighted by atomic mass is 35.5. The van der Waals surface area contributed by atoms with Crippen LogP contribution in [0.15, 0.2) is 60.7 Å². The van der Waals surface area contributed by atoms with Crippen molar-refractivity contribution in [2.75, 3.05) is 0 Å². The van der Waals surface area contributed by atoms with Crippen molar-refractivity contribution in [3.05, 3.63) is 105 Å². The molecule has 2 unspecified atom stereocenters. The standard InChI is InChI=1S/C30H27Cl2F3N2O2/c1-17-30(16-36,21-13-12-19(31)14-24(21)34)25(20-9-7-10-22(32)26(20)35)27(28(38)39-29(2,3)4)37(17)15-18-8-5-6-11-23(18)33/h5-14,17,25,27H,15H2,1-4H3/t17?,25-,27?,30+/m0/s1. The molecule has 4 rings (SSSR count). The third-order valence-electron chi connectivity index (χ3n) is 7.16. The van der Waals surface area contributed by atoms with Crippen LogP contribution in [0.25, 0.3) is 0 Å². The van der Waals surface area contributed by atoms with Gasteiger partial charge in [0.1, 0.15) is 34.5 Å². The number of rotatable bonds is 5. The van der Waals surface area contributed by atoms with Crippen LogP contribution in [0.3, 0.4) is 0 Å². The Bertz CT molecular complexity index is 1450. The number of hydrogen-bond donors (Lipinski definition) is 0. The normalized spacial score (nSPS) is 23.4. The van der Waals surface area contributed by atoms with E-state index in [0.717, 1.165) is 6.07 Å². The number of hydrogen-bond acceptors (Lipinski definition) is 4. The second kappa shape index (κ2) is 10.8. The van der Waals surface area contributed by atoms with Gasteiger partial charge in [-0.3, -0.25) is 9.69 Å². The van der Waals surface area contributed by atoms with Gasteiger partial charge in [-0.05, 0) is 57.5 Å². The van der Waals surface area contributed by atoms with E-state index in [-0.39, 0.29) is 33.3 Å². The minimum atomic E-state index is -1.83. The number of esters is 1. The summed E-state index contributed by atoms with van der Waals surface area (Å²) in [7, 11) is 0. The van der Waals surface area contributed by atoms with Gasteiger partial charge in [-0.1, -0.05) is 59.6 Å². The number of likely N-dealkylation sites (tertiary alicyclic amines) is 1. The van der Waals surface area contributed by atoms with Crippen LogP contribution in [0.1, 0.15) is 50.3 Å². The molecule has 1 fully saturated rings. The van der Waals surface area contributed by atoms with Gasteiger partial charge in [-0.2, -0.15) is 5.26 Å². The smallest absolute Gasteiger partial charge is 0.324 e. The highest BCUT2D eigenvalue weighted by Crippen LogP contribution is 2.55. The summed E-state index contributed by atoms with van der Waals surface area (Å²) in [4.78, 5) is 15.5. The molecule has 0 radical (unpaired) electrons. The Kier molecular flexibility index (Phi) is 8.05. The summed E-state index contributed by atoms with van der Waals surface area (Å²) in [6.45, 7) is 6.54. The molecule has 4 nitrogen and oxygen atoms in total. The Labute approximate surface area is 235 Å². The van der Waals surface area contributed by atoms with Crippen molar-refractivity contribution in [1.82, 2.24) is 4.90 Å². The van der Waals surface area contributed by atoms with E-state index in [1.807, 2.05) is 0 Å². The average Bonchev–Trinajstić information content (AvgIpc) is 3.09. The van der Waals surface area contributed by atoms with Gasteiger partial charge in [0.2, 0.25) is 0 Å². The van der Waals surface area contributed by atoms with Crippen molar-refractivity contribution in [3.8, 4) is 6.07 Å². The molecular weight excluding hydrogens is 548 g/mol. The van der Waals surface area contributed by atoms with Gasteiger partial charge in [0.25, 0.3) is 0 Å². The monoisotopic (exact) mass is 574 g/mol. The van der Waals surface area contributed by atoms with E-state index in [1.165, 1.54) is 42.5 Å². The maximum absolute atomic E-state index is 15.7. The van der Waals surface area contributed by atoms with Crippen molar-refractivity contribution >= 4 is 29.2 Å². The summed E-state index contributed by atoms with van der Waals surface area (Å²) >= 11 is 12.2. The topological polar surface area (TPSA) is 53.3 Å². The first-order valence-corrected chi connectivity index (χ1v) is 13.1. The molecule has 0 N–H and O–H groups in total. The van der Waals surface area contributed by atoms with Crippen LogP contribution in [0, 0.1) is 28.8 Å². The Morgan fingerprint density at radius 3 is 2.36 bits per heavy atom. The maximum atomic E-state index is 15.7. The lowest BCUT2D eigenvalue weighted by Crippen LogP contribution is -2.44. The van der Waals surface area contributed by atoms with Gasteiger partial charge < -0.3 is 4.74 Å². The first-order chi connectivity index (χ1) is 18.3. The van der Waals surface area contributed by atoms with Crippen LogP contribution in [-0.2, 0) is 21.5 Å². The van der Waals surface area contributed by atoms with Crippen molar-refractivity contribution in [3.63, 3.8) is 0 Å². The Morgan fingerprint density at radius 1 is 1.05 bits per heavy atom. The number of nitrogens with zero attached hydrogens (tertiary/aromatic N) is 2. The second-order valence-electron chi connectivity index (χ2n) is 10.6. The summed E-state index contributed by atoms with van der Waals surface area (Å²) in [5.74, 6) is -4.20. The quantitative estimate of drug-likeness (QED) is 0.295. The highest BCUT2D eigenvalue weighted by molar-refractivity contribution is 6.31. The third kappa shape index (κ3) is 5.26. The molecule has 204 valence electrons. The van der Waals surface area contributed by atoms with Gasteiger partial charge in [0.15, 0.2) is 0 Å². The van der Waals surface area contributed by atoms with Crippen molar-refractivity contribution in [2.45, 2.75) is 63.3 Å². The van der Waals surface area contributed by atoms with Crippen LogP contribution < -0.4 is 0 Å². The molecule has 39 heavy (non-hydrogen) atoms. The van der Waals surface area contributed by atoms with E-state index in [1.54, 1.807) is 44.7 Å². The first-order valence-electron chi connectivity index (χ1n) is 12.3. The lowest BCUT2D eigenvalue weighted by molar-refractivity contribution is -0.161. The highest BCUT2D eigenvalue weighted by Gasteiger charge is 2.63. The molecule has 0 aliphatic carbocycles. The van der Waals surface area contributed by atoms with E-state index >= 15 is 8.78 Å². The van der Waals surface area contributed by atoms with E-state index < -0.39 is 52.4 Å². The van der Waals surface area contributed by atoms with Crippen molar-refractivity contribution < 1.29 is 22.7 Å². The Hall–Kier alpha value is -3.05. The molecule has 3 aromatic rings. The number of carbonyl (C=O) groups is 1. The van der Waals surface area contributed by atoms with E-state index in [2.05, 4.69) is 6.07 Å². The van der Waals surface area contributed by atoms with Crippen molar-refractivity contribution in [2.24, 2.45) is 0 Å². The molecule has 1 aliphatic heterocycles. The summed E-state index contributed by atoms with van der Waals surface area (Å²) in [6, 6.07) is 14.2. The zero-order chi connectivity index (χ0) is 28.7. The van der Waals surface area contributed by atoms with Crippen LogP contribution in [0.5, 0.6) is 0 Å². The lowest BCUT2D eigenvalue weighted by Gasteiger charge is -2.34. The van der Waals surface area contributed by atoms with Gasteiger partial charge in [0.05, 0.1) is 11.1 Å². The molecule has 1 saturated heterocycles. The van der Waals surface area contributed by atoms with Crippen LogP contribution in [-0.4, -0.2) is 28.6 Å². The minimum Gasteiger partial charge on any atom is -0.459 e. The lowest BCUT2D eigenvalue weighted by atomic mass is 9.65. The van der Waals surface area contributed by atoms with Gasteiger partial charge >= 0.3 is 5.97 Å². The molecule has 3 aromatic carbocycles. The van der Waals surface area contributed by atoms with Crippen LogP contribution in [0.4, 0.5) is 13.2 Å². The van der Waals surface area contributed by atoms with Gasteiger partial charge in [-0.15, -0.1) is 0 Å².